The second kappa shape index (κ2) is 9.21. The number of nitrogens with one attached hydrogen (secondary N) is 1. The molecule has 1 aromatic heterocycles. The first-order chi connectivity index (χ1) is 9.20. The molecule has 0 amide bonds. The summed E-state index contributed by atoms with van der Waals surface area (Å²) < 4.78 is 5.42. The molecule has 0 radical (unpaired) electrons. The molecule has 1 rings (SSSR count). The van der Waals surface area contributed by atoms with Crippen LogP contribution in [-0.4, -0.2) is 30.6 Å². The van der Waals surface area contributed by atoms with Crippen molar-refractivity contribution in [3.05, 3.63) is 23.0 Å². The van der Waals surface area contributed by atoms with Crippen molar-refractivity contribution in [2.75, 3.05) is 25.7 Å². The van der Waals surface area contributed by atoms with E-state index in [1.54, 1.807) is 7.11 Å². The van der Waals surface area contributed by atoms with Gasteiger partial charge in [0.2, 0.25) is 0 Å². The summed E-state index contributed by atoms with van der Waals surface area (Å²) in [6, 6.07) is 0. The highest BCUT2D eigenvalue weighted by Gasteiger charge is 2.08. The minimum absolute atomic E-state index is 0.824. The summed E-state index contributed by atoms with van der Waals surface area (Å²) in [5.41, 5.74) is 3.34. The van der Waals surface area contributed by atoms with Gasteiger partial charge in [-0.05, 0) is 45.2 Å². The summed E-state index contributed by atoms with van der Waals surface area (Å²) >= 11 is 1.93. The lowest BCUT2D eigenvalue weighted by molar-refractivity contribution is 0.406. The SMILES string of the molecule is COc1c(C)cnc(CNCCCCCSC)c1C. The van der Waals surface area contributed by atoms with Crippen molar-refractivity contribution in [3.63, 3.8) is 0 Å². The van der Waals surface area contributed by atoms with Crippen molar-refractivity contribution in [2.24, 2.45) is 0 Å². The van der Waals surface area contributed by atoms with E-state index < -0.39 is 0 Å². The maximum atomic E-state index is 5.42. The highest BCUT2D eigenvalue weighted by atomic mass is 32.2. The fourth-order valence-corrected chi connectivity index (χ4v) is 2.62. The monoisotopic (exact) mass is 282 g/mol. The van der Waals surface area contributed by atoms with Crippen LogP contribution in [0.1, 0.15) is 36.1 Å². The molecule has 108 valence electrons. The number of methoxy groups -OCH3 is 1. The molecule has 19 heavy (non-hydrogen) atoms. The lowest BCUT2D eigenvalue weighted by Crippen LogP contribution is -2.17. The second-order valence-corrected chi connectivity index (χ2v) is 5.76. The molecular weight excluding hydrogens is 256 g/mol. The van der Waals surface area contributed by atoms with E-state index in [9.17, 15) is 0 Å². The van der Waals surface area contributed by atoms with Crippen LogP contribution in [0.25, 0.3) is 0 Å². The number of thioether (sulfide) groups is 1. The van der Waals surface area contributed by atoms with Crippen LogP contribution in [0.15, 0.2) is 6.20 Å². The third-order valence-corrected chi connectivity index (χ3v) is 3.94. The molecule has 0 saturated carbocycles. The molecule has 0 aliphatic heterocycles. The van der Waals surface area contributed by atoms with E-state index in [-0.39, 0.29) is 0 Å². The van der Waals surface area contributed by atoms with E-state index in [2.05, 4.69) is 23.5 Å². The predicted molar refractivity (Wildman–Crippen MR) is 84.2 cm³/mol. The van der Waals surface area contributed by atoms with Crippen molar-refractivity contribution in [1.82, 2.24) is 10.3 Å². The molecule has 1 aromatic rings. The Morgan fingerprint density at radius 3 is 2.74 bits per heavy atom. The Morgan fingerprint density at radius 2 is 2.05 bits per heavy atom. The minimum Gasteiger partial charge on any atom is -0.496 e. The summed E-state index contributed by atoms with van der Waals surface area (Å²) in [7, 11) is 1.72. The zero-order valence-electron chi connectivity index (χ0n) is 12.6. The first-order valence-corrected chi connectivity index (χ1v) is 8.28. The Morgan fingerprint density at radius 1 is 1.26 bits per heavy atom. The van der Waals surface area contributed by atoms with Crippen molar-refractivity contribution < 1.29 is 4.74 Å². The molecule has 3 nitrogen and oxygen atoms in total. The largest absolute Gasteiger partial charge is 0.496 e. The summed E-state index contributed by atoms with van der Waals surface area (Å²) in [6.45, 7) is 5.99. The number of ether oxygens (including phenoxy) is 1. The Labute approximate surface area is 121 Å². The molecule has 0 fully saturated rings. The number of unbranched alkanes of at least 4 members (excludes halogenated alkanes) is 2. The summed E-state index contributed by atoms with van der Waals surface area (Å²) in [5.74, 6) is 2.24. The van der Waals surface area contributed by atoms with Crippen molar-refractivity contribution in [2.45, 2.75) is 39.7 Å². The van der Waals surface area contributed by atoms with Gasteiger partial charge in [-0.3, -0.25) is 4.98 Å². The molecule has 0 aromatic carbocycles. The highest BCUT2D eigenvalue weighted by Crippen LogP contribution is 2.23. The Bertz CT molecular complexity index is 383. The van der Waals surface area contributed by atoms with Crippen LogP contribution in [0, 0.1) is 13.8 Å². The molecule has 0 aliphatic carbocycles. The number of rotatable bonds is 9. The van der Waals surface area contributed by atoms with Crippen LogP contribution >= 0.6 is 11.8 Å². The topological polar surface area (TPSA) is 34.1 Å². The highest BCUT2D eigenvalue weighted by molar-refractivity contribution is 7.98. The molecule has 0 unspecified atom stereocenters. The van der Waals surface area contributed by atoms with Crippen molar-refractivity contribution >= 4 is 11.8 Å². The maximum Gasteiger partial charge on any atom is 0.128 e. The Balaban J connectivity index is 2.33. The van der Waals surface area contributed by atoms with Gasteiger partial charge in [0.05, 0.1) is 12.8 Å². The van der Waals surface area contributed by atoms with Gasteiger partial charge < -0.3 is 10.1 Å². The molecule has 0 atom stereocenters. The van der Waals surface area contributed by atoms with Gasteiger partial charge in [0, 0.05) is 23.9 Å². The molecule has 0 spiro atoms. The van der Waals surface area contributed by atoms with E-state index in [1.165, 1.54) is 25.0 Å². The second-order valence-electron chi connectivity index (χ2n) is 4.78. The van der Waals surface area contributed by atoms with Gasteiger partial charge in [-0.1, -0.05) is 6.42 Å². The van der Waals surface area contributed by atoms with E-state index >= 15 is 0 Å². The normalized spacial score (nSPS) is 10.7. The van der Waals surface area contributed by atoms with E-state index in [1.807, 2.05) is 24.9 Å². The lowest BCUT2D eigenvalue weighted by Gasteiger charge is -2.12. The van der Waals surface area contributed by atoms with Crippen LogP contribution in [-0.2, 0) is 6.54 Å². The van der Waals surface area contributed by atoms with E-state index in [0.717, 1.165) is 35.7 Å². The van der Waals surface area contributed by atoms with Crippen LogP contribution < -0.4 is 10.1 Å². The van der Waals surface area contributed by atoms with Crippen LogP contribution in [0.3, 0.4) is 0 Å². The third kappa shape index (κ3) is 5.41. The quantitative estimate of drug-likeness (QED) is 0.705. The van der Waals surface area contributed by atoms with Gasteiger partial charge in [-0.2, -0.15) is 11.8 Å². The average molecular weight is 282 g/mol. The maximum absolute atomic E-state index is 5.42. The number of aryl methyl sites for hydroxylation is 1. The fourth-order valence-electron chi connectivity index (χ4n) is 2.13. The standard InChI is InChI=1S/C15H26N2OS/c1-12-10-17-14(13(2)15(12)18-3)11-16-8-6-5-7-9-19-4/h10,16H,5-9,11H2,1-4H3. The molecule has 1 N–H and O–H groups in total. The number of aromatic nitrogens is 1. The van der Waals surface area contributed by atoms with Gasteiger partial charge in [0.1, 0.15) is 5.75 Å². The molecule has 0 aliphatic rings. The number of hydrogen-bond acceptors (Lipinski definition) is 4. The smallest absolute Gasteiger partial charge is 0.128 e. The first kappa shape index (κ1) is 16.3. The molecule has 4 heteroatoms. The molecule has 0 bridgehead atoms. The van der Waals surface area contributed by atoms with E-state index in [0.29, 0.717) is 0 Å². The first-order valence-electron chi connectivity index (χ1n) is 6.89. The van der Waals surface area contributed by atoms with Crippen LogP contribution in [0.5, 0.6) is 5.75 Å². The number of hydrogen-bond donors (Lipinski definition) is 1. The van der Waals surface area contributed by atoms with E-state index in [4.69, 9.17) is 4.74 Å². The Hall–Kier alpha value is -0.740. The van der Waals surface area contributed by atoms with Gasteiger partial charge in [0.15, 0.2) is 0 Å². The van der Waals surface area contributed by atoms with Crippen molar-refractivity contribution in [3.8, 4) is 5.75 Å². The fraction of sp³-hybridized carbons (Fsp3) is 0.667. The molecule has 0 saturated heterocycles. The van der Waals surface area contributed by atoms with Gasteiger partial charge in [0.25, 0.3) is 0 Å². The third-order valence-electron chi connectivity index (χ3n) is 3.24. The summed E-state index contributed by atoms with van der Waals surface area (Å²) in [5, 5.41) is 3.47. The van der Waals surface area contributed by atoms with Gasteiger partial charge in [-0.15, -0.1) is 0 Å². The van der Waals surface area contributed by atoms with Crippen LogP contribution in [0.4, 0.5) is 0 Å². The molecule has 1 heterocycles. The predicted octanol–water partition coefficient (Wildman–Crippen LogP) is 3.33. The average Bonchev–Trinajstić information content (AvgIpc) is 2.40. The molecular formula is C15H26N2OS. The van der Waals surface area contributed by atoms with Gasteiger partial charge >= 0.3 is 0 Å². The summed E-state index contributed by atoms with van der Waals surface area (Å²) in [4.78, 5) is 4.49. The minimum atomic E-state index is 0.824. The van der Waals surface area contributed by atoms with Gasteiger partial charge in [-0.25, -0.2) is 0 Å². The number of pyridine rings is 1. The Kier molecular flexibility index (Phi) is 7.91. The van der Waals surface area contributed by atoms with Crippen molar-refractivity contribution in [1.29, 1.82) is 0 Å². The zero-order chi connectivity index (χ0) is 14.1. The number of nitrogens with zero attached hydrogens (tertiary/aromatic N) is 1. The lowest BCUT2D eigenvalue weighted by atomic mass is 10.1. The zero-order valence-corrected chi connectivity index (χ0v) is 13.4. The van der Waals surface area contributed by atoms with Crippen LogP contribution in [0.2, 0.25) is 0 Å². The summed E-state index contributed by atoms with van der Waals surface area (Å²) in [6.07, 6.45) is 7.91.